The summed E-state index contributed by atoms with van der Waals surface area (Å²) in [6, 6.07) is 19.0. The SMILES string of the molecule is CCN(CC)CCOc1ccccc1CNC(=O)c1occc1COc1ccccc1. The average Bonchev–Trinajstić information content (AvgIpc) is 3.29. The third kappa shape index (κ3) is 6.62. The molecule has 1 amide bonds. The normalized spacial score (nSPS) is 10.8. The molecule has 1 aromatic heterocycles. The number of furan rings is 1. The van der Waals surface area contributed by atoms with Crippen molar-refractivity contribution in [3.63, 3.8) is 0 Å². The van der Waals surface area contributed by atoms with Crippen LogP contribution in [-0.4, -0.2) is 37.0 Å². The number of para-hydroxylation sites is 2. The molecule has 1 N–H and O–H groups in total. The van der Waals surface area contributed by atoms with E-state index in [1.807, 2.05) is 54.6 Å². The van der Waals surface area contributed by atoms with Gasteiger partial charge in [0, 0.05) is 24.2 Å². The van der Waals surface area contributed by atoms with E-state index in [-0.39, 0.29) is 18.3 Å². The number of hydrogen-bond donors (Lipinski definition) is 1. The third-order valence-electron chi connectivity index (χ3n) is 5.06. The van der Waals surface area contributed by atoms with Gasteiger partial charge in [0.25, 0.3) is 5.91 Å². The zero-order valence-electron chi connectivity index (χ0n) is 18.2. The highest BCUT2D eigenvalue weighted by atomic mass is 16.5. The van der Waals surface area contributed by atoms with Gasteiger partial charge < -0.3 is 24.1 Å². The summed E-state index contributed by atoms with van der Waals surface area (Å²) in [5.41, 5.74) is 1.62. The molecule has 0 unspecified atom stereocenters. The van der Waals surface area contributed by atoms with E-state index in [1.54, 1.807) is 6.07 Å². The van der Waals surface area contributed by atoms with Gasteiger partial charge >= 0.3 is 0 Å². The van der Waals surface area contributed by atoms with Crippen LogP contribution in [0.2, 0.25) is 0 Å². The molecular weight excluding hydrogens is 392 g/mol. The molecule has 0 saturated heterocycles. The number of nitrogens with one attached hydrogen (secondary N) is 1. The fourth-order valence-corrected chi connectivity index (χ4v) is 3.20. The first kappa shape index (κ1) is 22.4. The van der Waals surface area contributed by atoms with Crippen LogP contribution < -0.4 is 14.8 Å². The molecule has 0 aliphatic rings. The summed E-state index contributed by atoms with van der Waals surface area (Å²) < 4.78 is 17.1. The minimum atomic E-state index is -0.283. The van der Waals surface area contributed by atoms with Gasteiger partial charge in [-0.15, -0.1) is 0 Å². The van der Waals surface area contributed by atoms with Crippen molar-refractivity contribution >= 4 is 5.91 Å². The van der Waals surface area contributed by atoms with E-state index in [4.69, 9.17) is 13.9 Å². The predicted octanol–water partition coefficient (Wildman–Crippen LogP) is 4.51. The molecule has 6 heteroatoms. The molecule has 1 heterocycles. The maximum atomic E-state index is 12.7. The zero-order valence-corrected chi connectivity index (χ0v) is 18.2. The Labute approximate surface area is 183 Å². The van der Waals surface area contributed by atoms with Crippen LogP contribution in [0.25, 0.3) is 0 Å². The number of carbonyl (C=O) groups excluding carboxylic acids is 1. The fourth-order valence-electron chi connectivity index (χ4n) is 3.20. The van der Waals surface area contributed by atoms with Gasteiger partial charge in [0.05, 0.1) is 6.26 Å². The molecule has 0 spiro atoms. The van der Waals surface area contributed by atoms with Gasteiger partial charge in [0.1, 0.15) is 24.7 Å². The molecule has 6 nitrogen and oxygen atoms in total. The molecule has 0 saturated carbocycles. The van der Waals surface area contributed by atoms with E-state index in [0.29, 0.717) is 18.7 Å². The molecule has 2 aromatic carbocycles. The van der Waals surface area contributed by atoms with E-state index in [9.17, 15) is 4.79 Å². The fraction of sp³-hybridized carbons (Fsp3) is 0.320. The summed E-state index contributed by atoms with van der Waals surface area (Å²) in [5.74, 6) is 1.50. The summed E-state index contributed by atoms with van der Waals surface area (Å²) >= 11 is 0. The monoisotopic (exact) mass is 422 g/mol. The first-order valence-corrected chi connectivity index (χ1v) is 10.7. The molecule has 3 aromatic rings. The number of benzene rings is 2. The summed E-state index contributed by atoms with van der Waals surface area (Å²) in [4.78, 5) is 15.0. The molecular formula is C25H30N2O4. The lowest BCUT2D eigenvalue weighted by molar-refractivity contribution is 0.0919. The van der Waals surface area contributed by atoms with Crippen molar-refractivity contribution in [3.8, 4) is 11.5 Å². The molecule has 0 fully saturated rings. The van der Waals surface area contributed by atoms with Crippen molar-refractivity contribution in [1.29, 1.82) is 0 Å². The molecule has 0 aliphatic heterocycles. The highest BCUT2D eigenvalue weighted by Gasteiger charge is 2.16. The highest BCUT2D eigenvalue weighted by Crippen LogP contribution is 2.19. The number of likely N-dealkylation sites (N-methyl/N-ethyl adjacent to an activating group) is 1. The van der Waals surface area contributed by atoms with Crippen LogP contribution in [0, 0.1) is 0 Å². The number of nitrogens with zero attached hydrogens (tertiary/aromatic N) is 1. The van der Waals surface area contributed by atoms with Gasteiger partial charge in [-0.2, -0.15) is 0 Å². The lowest BCUT2D eigenvalue weighted by atomic mass is 10.2. The molecule has 0 bridgehead atoms. The molecule has 31 heavy (non-hydrogen) atoms. The lowest BCUT2D eigenvalue weighted by Gasteiger charge is -2.19. The molecule has 0 radical (unpaired) electrons. The Morgan fingerprint density at radius 2 is 1.68 bits per heavy atom. The van der Waals surface area contributed by atoms with Crippen molar-refractivity contribution in [2.24, 2.45) is 0 Å². The Hall–Kier alpha value is -3.25. The molecule has 0 aliphatic carbocycles. The van der Waals surface area contributed by atoms with Gasteiger partial charge in [-0.3, -0.25) is 4.79 Å². The average molecular weight is 423 g/mol. The minimum Gasteiger partial charge on any atom is -0.492 e. The Kier molecular flexibility index (Phi) is 8.55. The van der Waals surface area contributed by atoms with Crippen molar-refractivity contribution in [3.05, 3.63) is 83.8 Å². The number of ether oxygens (including phenoxy) is 2. The molecule has 0 atom stereocenters. The molecule has 164 valence electrons. The maximum Gasteiger partial charge on any atom is 0.287 e. The van der Waals surface area contributed by atoms with E-state index in [2.05, 4.69) is 24.1 Å². The predicted molar refractivity (Wildman–Crippen MR) is 120 cm³/mol. The summed E-state index contributed by atoms with van der Waals surface area (Å²) in [6.07, 6.45) is 1.50. The second-order valence-corrected chi connectivity index (χ2v) is 7.04. The number of carbonyl (C=O) groups is 1. The van der Waals surface area contributed by atoms with Crippen LogP contribution in [0.1, 0.15) is 35.5 Å². The minimum absolute atomic E-state index is 0.258. The van der Waals surface area contributed by atoms with Crippen LogP contribution in [0.15, 0.2) is 71.3 Å². The largest absolute Gasteiger partial charge is 0.492 e. The summed E-state index contributed by atoms with van der Waals surface area (Å²) in [7, 11) is 0. The van der Waals surface area contributed by atoms with E-state index < -0.39 is 0 Å². The van der Waals surface area contributed by atoms with Crippen molar-refractivity contribution < 1.29 is 18.7 Å². The van der Waals surface area contributed by atoms with Crippen LogP contribution >= 0.6 is 0 Å². The van der Waals surface area contributed by atoms with E-state index >= 15 is 0 Å². The lowest BCUT2D eigenvalue weighted by Crippen LogP contribution is -2.28. The first-order valence-electron chi connectivity index (χ1n) is 10.7. The number of amides is 1. The van der Waals surface area contributed by atoms with Crippen LogP contribution in [0.3, 0.4) is 0 Å². The Bertz CT molecular complexity index is 935. The van der Waals surface area contributed by atoms with Crippen LogP contribution in [-0.2, 0) is 13.2 Å². The first-order chi connectivity index (χ1) is 15.2. The standard InChI is InChI=1S/C25H30N2O4/c1-3-27(4-2)15-17-29-23-13-9-8-10-20(23)18-26-25(28)24-21(14-16-30-24)19-31-22-11-6-5-7-12-22/h5-14,16H,3-4,15,17-19H2,1-2H3,(H,26,28). The van der Waals surface area contributed by atoms with E-state index in [1.165, 1.54) is 6.26 Å². The third-order valence-corrected chi connectivity index (χ3v) is 5.06. The van der Waals surface area contributed by atoms with Crippen molar-refractivity contribution in [2.45, 2.75) is 27.0 Å². The maximum absolute atomic E-state index is 12.7. The second kappa shape index (κ2) is 11.8. The van der Waals surface area contributed by atoms with Gasteiger partial charge in [0.2, 0.25) is 0 Å². The van der Waals surface area contributed by atoms with Gasteiger partial charge in [-0.05, 0) is 37.4 Å². The van der Waals surface area contributed by atoms with Gasteiger partial charge in [-0.25, -0.2) is 0 Å². The van der Waals surface area contributed by atoms with Crippen molar-refractivity contribution in [1.82, 2.24) is 10.2 Å². The Balaban J connectivity index is 1.55. The molecule has 3 rings (SSSR count). The Morgan fingerprint density at radius 1 is 0.935 bits per heavy atom. The zero-order chi connectivity index (χ0) is 21.9. The van der Waals surface area contributed by atoms with E-state index in [0.717, 1.165) is 36.7 Å². The van der Waals surface area contributed by atoms with Gasteiger partial charge in [0.15, 0.2) is 5.76 Å². The van der Waals surface area contributed by atoms with Crippen LogP contribution in [0.4, 0.5) is 0 Å². The summed E-state index contributed by atoms with van der Waals surface area (Å²) in [5, 5.41) is 2.92. The Morgan fingerprint density at radius 3 is 2.45 bits per heavy atom. The smallest absolute Gasteiger partial charge is 0.287 e. The van der Waals surface area contributed by atoms with Gasteiger partial charge in [-0.1, -0.05) is 50.2 Å². The topological polar surface area (TPSA) is 63.9 Å². The van der Waals surface area contributed by atoms with Crippen LogP contribution in [0.5, 0.6) is 11.5 Å². The summed E-state index contributed by atoms with van der Waals surface area (Å²) in [6.45, 7) is 8.35. The highest BCUT2D eigenvalue weighted by molar-refractivity contribution is 5.92. The van der Waals surface area contributed by atoms with Crippen molar-refractivity contribution in [2.75, 3.05) is 26.2 Å². The number of hydrogen-bond acceptors (Lipinski definition) is 5. The second-order valence-electron chi connectivity index (χ2n) is 7.04. The quantitative estimate of drug-likeness (QED) is 0.465. The number of rotatable bonds is 12.